The van der Waals surface area contributed by atoms with Crippen LogP contribution >= 0.6 is 0 Å². The molecule has 0 N–H and O–H groups in total. The predicted molar refractivity (Wildman–Crippen MR) is 75.5 cm³/mol. The zero-order chi connectivity index (χ0) is 17.0. The van der Waals surface area contributed by atoms with Crippen molar-refractivity contribution in [3.8, 4) is 16.9 Å². The van der Waals surface area contributed by atoms with E-state index < -0.39 is 28.8 Å². The van der Waals surface area contributed by atoms with Gasteiger partial charge in [0, 0.05) is 11.1 Å². The van der Waals surface area contributed by atoms with Crippen molar-refractivity contribution >= 4 is 0 Å². The summed E-state index contributed by atoms with van der Waals surface area (Å²) in [6, 6.07) is 5.92. The Morgan fingerprint density at radius 2 is 1.52 bits per heavy atom. The maximum Gasteiger partial charge on any atom is 0.343 e. The van der Waals surface area contributed by atoms with E-state index in [2.05, 4.69) is 0 Å². The average molecular weight is 328 g/mol. The van der Waals surface area contributed by atoms with Crippen LogP contribution in [0.1, 0.15) is 23.6 Å². The van der Waals surface area contributed by atoms with Crippen LogP contribution in [-0.4, -0.2) is 6.61 Å². The van der Waals surface area contributed by atoms with Gasteiger partial charge in [0.05, 0.1) is 12.2 Å². The number of hydrogen-bond acceptors (Lipinski definition) is 1. The highest BCUT2D eigenvalue weighted by Gasteiger charge is 2.64. The minimum absolute atomic E-state index is 0.0658. The zero-order valence-electron chi connectivity index (χ0n) is 12.4. The number of hydrogen-bond donors (Lipinski definition) is 0. The van der Waals surface area contributed by atoms with Crippen LogP contribution in [0.5, 0.6) is 5.75 Å². The maximum atomic E-state index is 14.5. The molecule has 0 bridgehead atoms. The van der Waals surface area contributed by atoms with Crippen LogP contribution in [0.3, 0.4) is 0 Å². The Kier molecular flexibility index (Phi) is 3.39. The standard InChI is InChI=1S/C17H13F5O/c1-3-23-13-8-7-11-10-5-4-6-12(18)15(10)17(21,22)16(19,20)14(11)9(13)2/h4-8H,3H2,1-2H3. The van der Waals surface area contributed by atoms with Gasteiger partial charge in [-0.15, -0.1) is 0 Å². The largest absolute Gasteiger partial charge is 0.494 e. The highest BCUT2D eigenvalue weighted by Crippen LogP contribution is 2.59. The molecule has 1 aliphatic carbocycles. The number of ether oxygens (including phenoxy) is 1. The Balaban J connectivity index is 2.42. The van der Waals surface area contributed by atoms with Gasteiger partial charge in [0.2, 0.25) is 0 Å². The van der Waals surface area contributed by atoms with Gasteiger partial charge >= 0.3 is 11.8 Å². The Bertz CT molecular complexity index is 783. The summed E-state index contributed by atoms with van der Waals surface area (Å²) in [4.78, 5) is 0. The van der Waals surface area contributed by atoms with Crippen molar-refractivity contribution in [3.05, 3.63) is 52.8 Å². The Labute approximate surface area is 129 Å². The van der Waals surface area contributed by atoms with Gasteiger partial charge in [-0.25, -0.2) is 4.39 Å². The van der Waals surface area contributed by atoms with E-state index in [0.29, 0.717) is 0 Å². The molecule has 0 unspecified atom stereocenters. The number of halogens is 5. The molecule has 3 rings (SSSR count). The van der Waals surface area contributed by atoms with Crippen LogP contribution in [0.2, 0.25) is 0 Å². The van der Waals surface area contributed by atoms with Gasteiger partial charge < -0.3 is 4.74 Å². The second-order valence-corrected chi connectivity index (χ2v) is 5.36. The lowest BCUT2D eigenvalue weighted by molar-refractivity contribution is -0.226. The van der Waals surface area contributed by atoms with Crippen molar-refractivity contribution in [2.75, 3.05) is 6.61 Å². The molecule has 0 amide bonds. The first kappa shape index (κ1) is 15.8. The lowest BCUT2D eigenvalue weighted by atomic mass is 9.78. The summed E-state index contributed by atoms with van der Waals surface area (Å²) in [6.45, 7) is 3.18. The van der Waals surface area contributed by atoms with E-state index in [1.807, 2.05) is 0 Å². The summed E-state index contributed by atoms with van der Waals surface area (Å²) >= 11 is 0. The fourth-order valence-electron chi connectivity index (χ4n) is 3.02. The van der Waals surface area contributed by atoms with Crippen LogP contribution in [0.4, 0.5) is 22.0 Å². The summed E-state index contributed by atoms with van der Waals surface area (Å²) in [5.41, 5.74) is -2.46. The highest BCUT2D eigenvalue weighted by molar-refractivity contribution is 5.78. The van der Waals surface area contributed by atoms with Gasteiger partial charge in [0.15, 0.2) is 0 Å². The van der Waals surface area contributed by atoms with E-state index in [1.165, 1.54) is 31.2 Å². The fourth-order valence-corrected chi connectivity index (χ4v) is 3.02. The SMILES string of the molecule is CCOc1ccc2c(c1C)C(F)(F)C(F)(F)c1c(F)cccc1-2. The number of benzene rings is 2. The molecule has 2 aromatic rings. The predicted octanol–water partition coefficient (Wildman–Crippen LogP) is 5.40. The summed E-state index contributed by atoms with van der Waals surface area (Å²) in [7, 11) is 0. The molecule has 6 heteroatoms. The van der Waals surface area contributed by atoms with E-state index in [9.17, 15) is 22.0 Å². The Morgan fingerprint density at radius 1 is 0.913 bits per heavy atom. The molecule has 0 atom stereocenters. The normalized spacial score (nSPS) is 17.3. The third-order valence-electron chi connectivity index (χ3n) is 4.04. The van der Waals surface area contributed by atoms with Crippen LogP contribution in [0.25, 0.3) is 11.1 Å². The van der Waals surface area contributed by atoms with Gasteiger partial charge in [-0.1, -0.05) is 18.2 Å². The molecule has 2 aromatic carbocycles. The fraction of sp³-hybridized carbons (Fsp3) is 0.294. The lowest BCUT2D eigenvalue weighted by Crippen LogP contribution is -2.40. The summed E-state index contributed by atoms with van der Waals surface area (Å²) < 4.78 is 76.9. The molecular formula is C17H13F5O. The van der Waals surface area contributed by atoms with Gasteiger partial charge in [-0.05, 0) is 37.1 Å². The van der Waals surface area contributed by atoms with Crippen molar-refractivity contribution in [2.45, 2.75) is 25.7 Å². The van der Waals surface area contributed by atoms with Crippen LogP contribution in [0.15, 0.2) is 30.3 Å². The van der Waals surface area contributed by atoms with E-state index in [0.717, 1.165) is 6.07 Å². The topological polar surface area (TPSA) is 9.23 Å². The van der Waals surface area contributed by atoms with Gasteiger partial charge in [0.25, 0.3) is 0 Å². The monoisotopic (exact) mass is 328 g/mol. The van der Waals surface area contributed by atoms with Gasteiger partial charge in [-0.2, -0.15) is 17.6 Å². The van der Waals surface area contributed by atoms with Crippen LogP contribution in [0, 0.1) is 12.7 Å². The van der Waals surface area contributed by atoms with Gasteiger partial charge in [0.1, 0.15) is 11.6 Å². The summed E-state index contributed by atoms with van der Waals surface area (Å²) in [5.74, 6) is -10.4. The molecular weight excluding hydrogens is 315 g/mol. The highest BCUT2D eigenvalue weighted by atomic mass is 19.3. The molecule has 0 fully saturated rings. The first-order valence-electron chi connectivity index (χ1n) is 7.05. The smallest absolute Gasteiger partial charge is 0.343 e. The van der Waals surface area contributed by atoms with Crippen molar-refractivity contribution in [2.24, 2.45) is 0 Å². The molecule has 0 aliphatic heterocycles. The molecule has 122 valence electrons. The van der Waals surface area contributed by atoms with E-state index >= 15 is 0 Å². The number of fused-ring (bicyclic) bond motifs is 3. The Hall–Kier alpha value is -2.11. The quantitative estimate of drug-likeness (QED) is 0.671. The first-order chi connectivity index (χ1) is 10.7. The second-order valence-electron chi connectivity index (χ2n) is 5.36. The van der Waals surface area contributed by atoms with Crippen LogP contribution in [-0.2, 0) is 11.8 Å². The minimum Gasteiger partial charge on any atom is -0.494 e. The molecule has 0 aromatic heterocycles. The van der Waals surface area contributed by atoms with E-state index in [4.69, 9.17) is 4.74 Å². The molecule has 23 heavy (non-hydrogen) atoms. The molecule has 0 heterocycles. The lowest BCUT2D eigenvalue weighted by Gasteiger charge is -2.36. The maximum absolute atomic E-state index is 14.5. The Morgan fingerprint density at radius 3 is 2.17 bits per heavy atom. The molecule has 0 saturated heterocycles. The van der Waals surface area contributed by atoms with Crippen molar-refractivity contribution < 1.29 is 26.7 Å². The van der Waals surface area contributed by atoms with E-state index in [-0.39, 0.29) is 29.0 Å². The van der Waals surface area contributed by atoms with E-state index in [1.54, 1.807) is 6.92 Å². The van der Waals surface area contributed by atoms with Gasteiger partial charge in [-0.3, -0.25) is 0 Å². The van der Waals surface area contributed by atoms with Crippen molar-refractivity contribution in [3.63, 3.8) is 0 Å². The van der Waals surface area contributed by atoms with Crippen molar-refractivity contribution in [1.82, 2.24) is 0 Å². The minimum atomic E-state index is -4.64. The number of alkyl halides is 4. The molecule has 0 spiro atoms. The third kappa shape index (κ3) is 1.97. The zero-order valence-corrected chi connectivity index (χ0v) is 12.4. The number of rotatable bonds is 2. The second kappa shape index (κ2) is 4.94. The summed E-state index contributed by atoms with van der Waals surface area (Å²) in [6.07, 6.45) is 0. The summed E-state index contributed by atoms with van der Waals surface area (Å²) in [5, 5.41) is 0. The van der Waals surface area contributed by atoms with Crippen molar-refractivity contribution in [1.29, 1.82) is 0 Å². The molecule has 0 saturated carbocycles. The molecule has 1 aliphatic rings. The molecule has 1 nitrogen and oxygen atoms in total. The first-order valence-corrected chi connectivity index (χ1v) is 7.05. The van der Waals surface area contributed by atoms with Crippen LogP contribution < -0.4 is 4.74 Å². The molecule has 0 radical (unpaired) electrons. The average Bonchev–Trinajstić information content (AvgIpc) is 2.47. The third-order valence-corrected chi connectivity index (χ3v) is 4.04.